The Bertz CT molecular complexity index is 388. The summed E-state index contributed by atoms with van der Waals surface area (Å²) in [4.78, 5) is 0. The van der Waals surface area contributed by atoms with Crippen LogP contribution in [0.3, 0.4) is 0 Å². The van der Waals surface area contributed by atoms with Gasteiger partial charge in [-0.25, -0.2) is 0 Å². The van der Waals surface area contributed by atoms with E-state index < -0.39 is 11.9 Å². The standard InChI is InChI=1S/C13H18F3NO2/c1-12(17,7-8-18-2)9-10-3-5-11(6-4-10)19-13(14,15)16/h3-6H,7-9,17H2,1-2H3. The molecule has 0 aliphatic heterocycles. The highest BCUT2D eigenvalue weighted by atomic mass is 19.4. The molecule has 2 N–H and O–H groups in total. The van der Waals surface area contributed by atoms with E-state index in [1.54, 1.807) is 19.2 Å². The summed E-state index contributed by atoms with van der Waals surface area (Å²) in [6, 6.07) is 5.74. The molecule has 0 aliphatic carbocycles. The van der Waals surface area contributed by atoms with Crippen LogP contribution in [0.15, 0.2) is 24.3 Å². The Hall–Kier alpha value is -1.27. The molecule has 1 rings (SSSR count). The lowest BCUT2D eigenvalue weighted by Gasteiger charge is -2.24. The quantitative estimate of drug-likeness (QED) is 0.869. The van der Waals surface area contributed by atoms with Crippen molar-refractivity contribution >= 4 is 0 Å². The maximum Gasteiger partial charge on any atom is 0.573 e. The Morgan fingerprint density at radius 3 is 2.21 bits per heavy atom. The largest absolute Gasteiger partial charge is 0.573 e. The van der Waals surface area contributed by atoms with Crippen LogP contribution in [-0.4, -0.2) is 25.6 Å². The fourth-order valence-corrected chi connectivity index (χ4v) is 1.70. The van der Waals surface area contributed by atoms with E-state index in [0.29, 0.717) is 19.4 Å². The van der Waals surface area contributed by atoms with Crippen molar-refractivity contribution in [1.29, 1.82) is 0 Å². The molecule has 0 aliphatic rings. The first kappa shape index (κ1) is 15.8. The van der Waals surface area contributed by atoms with Gasteiger partial charge in [0.2, 0.25) is 0 Å². The maximum absolute atomic E-state index is 12.0. The normalized spacial score (nSPS) is 15.1. The van der Waals surface area contributed by atoms with Gasteiger partial charge >= 0.3 is 6.36 Å². The van der Waals surface area contributed by atoms with Crippen molar-refractivity contribution in [1.82, 2.24) is 0 Å². The number of methoxy groups -OCH3 is 1. The van der Waals surface area contributed by atoms with Crippen LogP contribution in [0.5, 0.6) is 5.75 Å². The number of rotatable bonds is 6. The number of halogens is 3. The van der Waals surface area contributed by atoms with Gasteiger partial charge < -0.3 is 15.2 Å². The predicted molar refractivity (Wildman–Crippen MR) is 65.9 cm³/mol. The fourth-order valence-electron chi connectivity index (χ4n) is 1.70. The third-order valence-electron chi connectivity index (χ3n) is 2.64. The van der Waals surface area contributed by atoms with Gasteiger partial charge in [-0.15, -0.1) is 13.2 Å². The van der Waals surface area contributed by atoms with E-state index in [4.69, 9.17) is 10.5 Å². The van der Waals surface area contributed by atoms with Gasteiger partial charge in [-0.1, -0.05) is 12.1 Å². The molecule has 1 atom stereocenters. The van der Waals surface area contributed by atoms with Crippen LogP contribution in [0.2, 0.25) is 0 Å². The van der Waals surface area contributed by atoms with Crippen molar-refractivity contribution in [3.05, 3.63) is 29.8 Å². The molecule has 108 valence electrons. The minimum Gasteiger partial charge on any atom is -0.406 e. The SMILES string of the molecule is COCCC(C)(N)Cc1ccc(OC(F)(F)F)cc1. The van der Waals surface area contributed by atoms with Gasteiger partial charge in [0.25, 0.3) is 0 Å². The lowest BCUT2D eigenvalue weighted by molar-refractivity contribution is -0.274. The smallest absolute Gasteiger partial charge is 0.406 e. The Labute approximate surface area is 110 Å². The summed E-state index contributed by atoms with van der Waals surface area (Å²) in [6.45, 7) is 2.43. The number of hydrogen-bond donors (Lipinski definition) is 1. The zero-order chi connectivity index (χ0) is 14.5. The van der Waals surface area contributed by atoms with Crippen LogP contribution in [0, 0.1) is 0 Å². The zero-order valence-electron chi connectivity index (χ0n) is 11.0. The third kappa shape index (κ3) is 6.45. The van der Waals surface area contributed by atoms with Crippen LogP contribution < -0.4 is 10.5 Å². The third-order valence-corrected chi connectivity index (χ3v) is 2.64. The first-order chi connectivity index (χ1) is 8.72. The first-order valence-electron chi connectivity index (χ1n) is 5.84. The van der Waals surface area contributed by atoms with Crippen LogP contribution in [0.4, 0.5) is 13.2 Å². The van der Waals surface area contributed by atoms with Gasteiger partial charge in [0.15, 0.2) is 0 Å². The molecule has 0 saturated heterocycles. The second-order valence-corrected chi connectivity index (χ2v) is 4.77. The molecule has 3 nitrogen and oxygen atoms in total. The summed E-state index contributed by atoms with van der Waals surface area (Å²) in [5, 5.41) is 0. The van der Waals surface area contributed by atoms with Crippen molar-refractivity contribution in [3.8, 4) is 5.75 Å². The Balaban J connectivity index is 2.61. The topological polar surface area (TPSA) is 44.5 Å². The lowest BCUT2D eigenvalue weighted by atomic mass is 9.91. The molecule has 0 aromatic heterocycles. The molecule has 0 heterocycles. The van der Waals surface area contributed by atoms with Gasteiger partial charge in [0, 0.05) is 19.3 Å². The van der Waals surface area contributed by atoms with Crippen LogP contribution >= 0.6 is 0 Å². The number of hydrogen-bond acceptors (Lipinski definition) is 3. The van der Waals surface area contributed by atoms with Crippen molar-refractivity contribution < 1.29 is 22.6 Å². The summed E-state index contributed by atoms with van der Waals surface area (Å²) in [5.74, 6) is -0.230. The van der Waals surface area contributed by atoms with Crippen molar-refractivity contribution in [2.75, 3.05) is 13.7 Å². The van der Waals surface area contributed by atoms with Crippen molar-refractivity contribution in [2.45, 2.75) is 31.7 Å². The summed E-state index contributed by atoms with van der Waals surface area (Å²) in [5.41, 5.74) is 6.48. The van der Waals surface area contributed by atoms with E-state index in [2.05, 4.69) is 4.74 Å². The first-order valence-corrected chi connectivity index (χ1v) is 5.84. The predicted octanol–water partition coefficient (Wildman–Crippen LogP) is 2.88. The number of ether oxygens (including phenoxy) is 2. The summed E-state index contributed by atoms with van der Waals surface area (Å²) >= 11 is 0. The molecule has 1 aromatic rings. The Kier molecular flexibility index (Phi) is 5.20. The van der Waals surface area contributed by atoms with Gasteiger partial charge in [-0.3, -0.25) is 0 Å². The molecule has 1 unspecified atom stereocenters. The summed E-state index contributed by atoms with van der Waals surface area (Å²) in [6.07, 6.45) is -3.44. The molecule has 0 amide bonds. The number of nitrogens with two attached hydrogens (primary N) is 1. The second-order valence-electron chi connectivity index (χ2n) is 4.77. The lowest BCUT2D eigenvalue weighted by Crippen LogP contribution is -2.39. The highest BCUT2D eigenvalue weighted by Gasteiger charge is 2.31. The highest BCUT2D eigenvalue weighted by molar-refractivity contribution is 5.28. The van der Waals surface area contributed by atoms with Crippen molar-refractivity contribution in [3.63, 3.8) is 0 Å². The van der Waals surface area contributed by atoms with Crippen LogP contribution in [0.25, 0.3) is 0 Å². The molecular weight excluding hydrogens is 259 g/mol. The van der Waals surface area contributed by atoms with E-state index >= 15 is 0 Å². The molecule has 0 bridgehead atoms. The molecule has 19 heavy (non-hydrogen) atoms. The summed E-state index contributed by atoms with van der Waals surface area (Å²) in [7, 11) is 1.60. The molecule has 0 spiro atoms. The number of alkyl halides is 3. The maximum atomic E-state index is 12.0. The van der Waals surface area contributed by atoms with Crippen molar-refractivity contribution in [2.24, 2.45) is 5.73 Å². The van der Waals surface area contributed by atoms with E-state index in [1.807, 2.05) is 6.92 Å². The van der Waals surface area contributed by atoms with Gasteiger partial charge in [0.1, 0.15) is 5.75 Å². The second kappa shape index (κ2) is 6.25. The Morgan fingerprint density at radius 1 is 1.16 bits per heavy atom. The van der Waals surface area contributed by atoms with E-state index in [1.165, 1.54) is 12.1 Å². The van der Waals surface area contributed by atoms with Gasteiger partial charge in [0.05, 0.1) is 0 Å². The molecule has 1 aromatic carbocycles. The average Bonchev–Trinajstić information content (AvgIpc) is 2.27. The van der Waals surface area contributed by atoms with E-state index in [-0.39, 0.29) is 5.75 Å². The van der Waals surface area contributed by atoms with Crippen LogP contribution in [-0.2, 0) is 11.2 Å². The number of benzene rings is 1. The molecule has 6 heteroatoms. The highest BCUT2D eigenvalue weighted by Crippen LogP contribution is 2.24. The summed E-state index contributed by atoms with van der Waals surface area (Å²) < 4.78 is 44.8. The van der Waals surface area contributed by atoms with Gasteiger partial charge in [-0.05, 0) is 37.5 Å². The molecule has 0 radical (unpaired) electrons. The zero-order valence-corrected chi connectivity index (χ0v) is 11.0. The minimum absolute atomic E-state index is 0.230. The molecule has 0 saturated carbocycles. The van der Waals surface area contributed by atoms with Crippen LogP contribution in [0.1, 0.15) is 18.9 Å². The monoisotopic (exact) mass is 277 g/mol. The van der Waals surface area contributed by atoms with E-state index in [0.717, 1.165) is 5.56 Å². The molecular formula is C13H18F3NO2. The molecule has 0 fully saturated rings. The minimum atomic E-state index is -4.66. The van der Waals surface area contributed by atoms with E-state index in [9.17, 15) is 13.2 Å². The van der Waals surface area contributed by atoms with Gasteiger partial charge in [-0.2, -0.15) is 0 Å². The Morgan fingerprint density at radius 2 is 1.74 bits per heavy atom. The fraction of sp³-hybridized carbons (Fsp3) is 0.538. The average molecular weight is 277 g/mol.